The first-order valence-electron chi connectivity index (χ1n) is 20.1. The Bertz CT molecular complexity index is 1770. The Balaban J connectivity index is 6.59. The molecule has 0 aliphatic heterocycles. The summed E-state index contributed by atoms with van der Waals surface area (Å²) in [5.41, 5.74) is 15.8. The Hall–Kier alpha value is -6.97. The lowest BCUT2D eigenvalue weighted by Crippen LogP contribution is -2.62. The first-order chi connectivity index (χ1) is 30.0. The lowest BCUT2D eigenvalue weighted by Gasteiger charge is -2.29. The molecule has 0 aliphatic carbocycles. The van der Waals surface area contributed by atoms with E-state index in [1.807, 2.05) is 5.32 Å². The molecule has 0 radical (unpaired) electrons. The zero-order valence-electron chi connectivity index (χ0n) is 36.1. The molecule has 9 atom stereocenters. The van der Waals surface area contributed by atoms with Gasteiger partial charge in [0.1, 0.15) is 42.3 Å². The Morgan fingerprint density at radius 2 is 0.769 bits per heavy atom. The zero-order valence-corrected chi connectivity index (χ0v) is 36.1. The van der Waals surface area contributed by atoms with Crippen molar-refractivity contribution in [1.82, 2.24) is 37.2 Å². The molecule has 0 unspecified atom stereocenters. The minimum absolute atomic E-state index is 0.178. The summed E-state index contributed by atoms with van der Waals surface area (Å²) in [6.45, 7) is 5.52. The topological polar surface area (TPSA) is 485 Å². The van der Waals surface area contributed by atoms with Crippen LogP contribution in [0.1, 0.15) is 91.9 Å². The second kappa shape index (κ2) is 28.7. The standard InChI is InChI=1S/C37H60N10O18/c1-15(2)13-22(46-33(60)18(5-9-24(39)49)42-34(61)23(14-28(55)56)45-30(57)16(3)38)35(62)47-29(17(4)48)36(63)43-20(8-12-27(53)54)31(58)41-19(7-11-26(51)52)32(59)44-21(37(64)65)6-10-25(40)50/h15-23,29,48H,5-14,38H2,1-4H3,(H2,39,49)(H2,40,50)(H,41,58)(H,42,61)(H,43,63)(H,44,59)(H,45,57)(H,46,60)(H,47,62)(H,51,52)(H,53,54)(H,55,56)(H,64,65)/t16-,17+,18-,19-,20-,21-,22-,23-,29-/m0/s1. The monoisotopic (exact) mass is 932 g/mol. The number of nitrogens with two attached hydrogens (primary N) is 3. The summed E-state index contributed by atoms with van der Waals surface area (Å²) in [5, 5.41) is 63.2. The second-order valence-corrected chi connectivity index (χ2v) is 15.3. The van der Waals surface area contributed by atoms with Gasteiger partial charge in [-0.05, 0) is 51.9 Å². The molecule has 0 bridgehead atoms. The van der Waals surface area contributed by atoms with Crippen LogP contribution < -0.4 is 54.4 Å². The van der Waals surface area contributed by atoms with Crippen molar-refractivity contribution in [2.45, 2.75) is 146 Å². The third-order valence-corrected chi connectivity index (χ3v) is 8.99. The van der Waals surface area contributed by atoms with E-state index in [0.717, 1.165) is 6.92 Å². The van der Waals surface area contributed by atoms with E-state index in [9.17, 15) is 87.9 Å². The molecule has 0 rings (SSSR count). The van der Waals surface area contributed by atoms with Crippen molar-refractivity contribution in [2.75, 3.05) is 0 Å². The molecule has 0 heterocycles. The number of aliphatic hydroxyl groups excluding tert-OH is 1. The van der Waals surface area contributed by atoms with Gasteiger partial charge in [-0.25, -0.2) is 4.79 Å². The number of aliphatic hydroxyl groups is 1. The number of carboxylic acids is 4. The van der Waals surface area contributed by atoms with Gasteiger partial charge in [-0.15, -0.1) is 0 Å². The fourth-order valence-electron chi connectivity index (χ4n) is 5.57. The van der Waals surface area contributed by atoms with Gasteiger partial charge in [0.25, 0.3) is 0 Å². The van der Waals surface area contributed by atoms with Crippen LogP contribution in [0.3, 0.4) is 0 Å². The Morgan fingerprint density at radius 3 is 1.12 bits per heavy atom. The molecule has 9 amide bonds. The van der Waals surface area contributed by atoms with Crippen molar-refractivity contribution < 1.29 is 87.9 Å². The average Bonchev–Trinajstić information content (AvgIpc) is 3.17. The SMILES string of the molecule is CC(C)C[C@H](NC(=O)[C@H](CCC(N)=O)NC(=O)[C@H](CC(=O)O)NC(=O)[C@H](C)N)C(=O)N[C@H](C(=O)N[C@@H](CCC(=O)O)C(=O)N[C@@H](CCC(=O)O)C(=O)N[C@@H](CCC(N)=O)C(=O)O)[C@@H](C)O. The lowest BCUT2D eigenvalue weighted by atomic mass is 10.0. The minimum atomic E-state index is -1.96. The van der Waals surface area contributed by atoms with E-state index in [2.05, 4.69) is 31.9 Å². The third-order valence-electron chi connectivity index (χ3n) is 8.99. The van der Waals surface area contributed by atoms with Gasteiger partial charge >= 0.3 is 23.9 Å². The number of carbonyl (C=O) groups is 13. The maximum Gasteiger partial charge on any atom is 0.326 e. The maximum absolute atomic E-state index is 13.7. The minimum Gasteiger partial charge on any atom is -0.481 e. The number of aliphatic carboxylic acids is 4. The highest BCUT2D eigenvalue weighted by molar-refractivity contribution is 5.98. The Labute approximate surface area is 371 Å². The van der Waals surface area contributed by atoms with Gasteiger partial charge in [0, 0.05) is 25.7 Å². The molecule has 0 aromatic heterocycles. The molecule has 0 spiro atoms. The zero-order chi connectivity index (χ0) is 50.3. The predicted octanol–water partition coefficient (Wildman–Crippen LogP) is -6.03. The summed E-state index contributed by atoms with van der Waals surface area (Å²) in [6.07, 6.45) is -7.78. The summed E-state index contributed by atoms with van der Waals surface area (Å²) in [7, 11) is 0. The van der Waals surface area contributed by atoms with E-state index >= 15 is 0 Å². The van der Waals surface area contributed by atoms with Crippen molar-refractivity contribution in [3.05, 3.63) is 0 Å². The van der Waals surface area contributed by atoms with Gasteiger partial charge < -0.3 is 80.0 Å². The smallest absolute Gasteiger partial charge is 0.326 e. The van der Waals surface area contributed by atoms with Crippen LogP contribution in [0.4, 0.5) is 0 Å². The Kier molecular flexibility index (Phi) is 25.6. The van der Waals surface area contributed by atoms with Crippen LogP contribution in [0, 0.1) is 5.92 Å². The largest absolute Gasteiger partial charge is 0.481 e. The lowest BCUT2D eigenvalue weighted by molar-refractivity contribution is -0.143. The van der Waals surface area contributed by atoms with Gasteiger partial charge in [0.05, 0.1) is 18.6 Å². The molecule has 0 aromatic rings. The quantitative estimate of drug-likeness (QED) is 0.0298. The summed E-state index contributed by atoms with van der Waals surface area (Å²) < 4.78 is 0. The Morgan fingerprint density at radius 1 is 0.431 bits per heavy atom. The number of hydrogen-bond donors (Lipinski definition) is 15. The predicted molar refractivity (Wildman–Crippen MR) is 219 cm³/mol. The average molecular weight is 933 g/mol. The number of carboxylic acid groups (broad SMARTS) is 4. The van der Waals surface area contributed by atoms with Crippen LogP contribution in [-0.2, 0) is 62.3 Å². The molecule has 28 nitrogen and oxygen atoms in total. The van der Waals surface area contributed by atoms with Gasteiger partial charge in [0.2, 0.25) is 53.2 Å². The van der Waals surface area contributed by atoms with Gasteiger partial charge in [-0.2, -0.15) is 0 Å². The number of primary amides is 2. The highest BCUT2D eigenvalue weighted by Crippen LogP contribution is 2.11. The van der Waals surface area contributed by atoms with E-state index in [-0.39, 0.29) is 12.3 Å². The van der Waals surface area contributed by atoms with E-state index < -0.39 is 189 Å². The van der Waals surface area contributed by atoms with Crippen molar-refractivity contribution >= 4 is 77.0 Å². The van der Waals surface area contributed by atoms with Gasteiger partial charge in [-0.1, -0.05) is 13.8 Å². The molecule has 0 saturated heterocycles. The molecule has 0 fully saturated rings. The number of amides is 9. The van der Waals surface area contributed by atoms with Crippen LogP contribution in [0.2, 0.25) is 0 Å². The molecule has 65 heavy (non-hydrogen) atoms. The van der Waals surface area contributed by atoms with E-state index in [0.29, 0.717) is 0 Å². The van der Waals surface area contributed by atoms with Crippen molar-refractivity contribution in [1.29, 1.82) is 0 Å². The van der Waals surface area contributed by atoms with E-state index in [1.54, 1.807) is 13.8 Å². The summed E-state index contributed by atoms with van der Waals surface area (Å²) in [4.78, 5) is 162. The molecule has 366 valence electrons. The molecule has 0 aromatic carbocycles. The number of nitrogens with one attached hydrogen (secondary N) is 7. The second-order valence-electron chi connectivity index (χ2n) is 15.3. The highest BCUT2D eigenvalue weighted by atomic mass is 16.4. The van der Waals surface area contributed by atoms with E-state index in [1.165, 1.54) is 6.92 Å². The number of carbonyl (C=O) groups excluding carboxylic acids is 9. The third kappa shape index (κ3) is 23.9. The van der Waals surface area contributed by atoms with Gasteiger partial charge in [0.15, 0.2) is 0 Å². The van der Waals surface area contributed by atoms with Gasteiger partial charge in [-0.3, -0.25) is 57.5 Å². The van der Waals surface area contributed by atoms with Crippen LogP contribution in [-0.4, -0.2) is 157 Å². The molecule has 18 N–H and O–H groups in total. The van der Waals surface area contributed by atoms with Crippen molar-refractivity contribution in [2.24, 2.45) is 23.1 Å². The van der Waals surface area contributed by atoms with Crippen LogP contribution >= 0.6 is 0 Å². The van der Waals surface area contributed by atoms with E-state index in [4.69, 9.17) is 17.2 Å². The summed E-state index contributed by atoms with van der Waals surface area (Å²) >= 11 is 0. The number of hydrogen-bond acceptors (Lipinski definition) is 15. The van der Waals surface area contributed by atoms with Crippen LogP contribution in [0.25, 0.3) is 0 Å². The summed E-state index contributed by atoms with van der Waals surface area (Å²) in [5.74, 6) is -16.5. The molecule has 28 heteroatoms. The maximum atomic E-state index is 13.7. The normalized spacial score (nSPS) is 15.1. The van der Waals surface area contributed by atoms with Crippen molar-refractivity contribution in [3.8, 4) is 0 Å². The molecule has 0 aliphatic rings. The van der Waals surface area contributed by atoms with Crippen LogP contribution in [0.15, 0.2) is 0 Å². The fourth-order valence-corrected chi connectivity index (χ4v) is 5.57. The summed E-state index contributed by atoms with van der Waals surface area (Å²) in [6, 6.07) is -13.6. The first-order valence-corrected chi connectivity index (χ1v) is 20.1. The molecular formula is C37H60N10O18. The first kappa shape index (κ1) is 58.0. The molecule has 0 saturated carbocycles. The highest BCUT2D eigenvalue weighted by Gasteiger charge is 2.36. The van der Waals surface area contributed by atoms with Crippen LogP contribution in [0.5, 0.6) is 0 Å². The molecular weight excluding hydrogens is 872 g/mol. The number of rotatable bonds is 32. The van der Waals surface area contributed by atoms with Crippen molar-refractivity contribution in [3.63, 3.8) is 0 Å². The fraction of sp³-hybridized carbons (Fsp3) is 0.649.